The third-order valence-electron chi connectivity index (χ3n) is 8.15. The van der Waals surface area contributed by atoms with Crippen molar-refractivity contribution < 1.29 is 31.5 Å². The molecule has 8 nitrogen and oxygen atoms in total. The third-order valence-corrected chi connectivity index (χ3v) is 9.38. The molecule has 0 radical (unpaired) electrons. The number of nitrogens with zero attached hydrogens (tertiary/aromatic N) is 5. The molecule has 3 aliphatic rings. The zero-order valence-corrected chi connectivity index (χ0v) is 23.8. The van der Waals surface area contributed by atoms with E-state index in [1.54, 1.807) is 9.80 Å². The fourth-order valence-corrected chi connectivity index (χ4v) is 7.40. The van der Waals surface area contributed by atoms with Crippen LogP contribution < -0.4 is 10.6 Å². The summed E-state index contributed by atoms with van der Waals surface area (Å²) in [4.78, 5) is 35.6. The minimum atomic E-state index is -4.91. The highest BCUT2D eigenvalue weighted by Crippen LogP contribution is 2.49. The van der Waals surface area contributed by atoms with Crippen LogP contribution in [0, 0.1) is 11.6 Å². The first-order valence-electron chi connectivity index (χ1n) is 13.8. The standard InChI is InChI=1S/C29H28F5N5O3S/c1-2-23(40)37-5-7-38(8-6-37)27-20-14-21(29(32,33)34)24(19-4-3-17(30)13-22(19)31)26-25(20)39(28(41)35-27)15-18(16-43-26)36-9-11-42-12-10-36/h2-4,13-14,18H,1,5-12,15-16H2. The van der Waals surface area contributed by atoms with E-state index in [9.17, 15) is 27.2 Å². The molecule has 0 bridgehead atoms. The van der Waals surface area contributed by atoms with Gasteiger partial charge in [-0.05, 0) is 24.3 Å². The molecule has 0 saturated carbocycles. The molecule has 1 aromatic heterocycles. The Hall–Kier alpha value is -3.49. The number of halogens is 5. The molecular formula is C29H28F5N5O3S. The topological polar surface area (TPSA) is 70.9 Å². The van der Waals surface area contributed by atoms with Gasteiger partial charge >= 0.3 is 11.9 Å². The van der Waals surface area contributed by atoms with Crippen LogP contribution in [0.2, 0.25) is 0 Å². The minimum Gasteiger partial charge on any atom is -0.379 e. The van der Waals surface area contributed by atoms with E-state index in [-0.39, 0.29) is 66.3 Å². The van der Waals surface area contributed by atoms with Crippen LogP contribution >= 0.6 is 11.8 Å². The molecule has 1 unspecified atom stereocenters. The summed E-state index contributed by atoms with van der Waals surface area (Å²) in [6.07, 6.45) is -3.72. The number of amides is 1. The smallest absolute Gasteiger partial charge is 0.379 e. The number of anilines is 1. The molecule has 2 saturated heterocycles. The molecule has 3 aromatic rings. The van der Waals surface area contributed by atoms with Crippen LogP contribution in [0.1, 0.15) is 5.56 Å². The van der Waals surface area contributed by atoms with E-state index in [4.69, 9.17) is 4.74 Å². The highest BCUT2D eigenvalue weighted by atomic mass is 32.2. The summed E-state index contributed by atoms with van der Waals surface area (Å²) in [6, 6.07) is 3.17. The Morgan fingerprint density at radius 1 is 1.07 bits per heavy atom. The fraction of sp³-hybridized carbons (Fsp3) is 0.414. The van der Waals surface area contributed by atoms with Gasteiger partial charge in [-0.2, -0.15) is 18.2 Å². The van der Waals surface area contributed by atoms with E-state index in [0.29, 0.717) is 38.1 Å². The second kappa shape index (κ2) is 11.5. The molecule has 6 rings (SSSR count). The van der Waals surface area contributed by atoms with E-state index in [2.05, 4.69) is 16.5 Å². The molecule has 1 amide bonds. The van der Waals surface area contributed by atoms with E-state index < -0.39 is 40.2 Å². The molecule has 0 aliphatic carbocycles. The molecule has 4 heterocycles. The second-order valence-corrected chi connectivity index (χ2v) is 11.6. The molecule has 2 aromatic carbocycles. The average Bonchev–Trinajstić information content (AvgIpc) is 3.20. The maximum atomic E-state index is 15.2. The number of rotatable bonds is 4. The van der Waals surface area contributed by atoms with Crippen molar-refractivity contribution in [3.63, 3.8) is 0 Å². The predicted molar refractivity (Wildman–Crippen MR) is 152 cm³/mol. The molecule has 43 heavy (non-hydrogen) atoms. The third kappa shape index (κ3) is 5.51. The van der Waals surface area contributed by atoms with Gasteiger partial charge in [0, 0.05) is 85.1 Å². The number of hydrogen-bond acceptors (Lipinski definition) is 7. The summed E-state index contributed by atoms with van der Waals surface area (Å²) in [5.74, 6) is -1.92. The van der Waals surface area contributed by atoms with Crippen LogP contribution in [0.25, 0.3) is 22.0 Å². The molecular weight excluding hydrogens is 593 g/mol. The lowest BCUT2D eigenvalue weighted by Gasteiger charge is -2.36. The first-order chi connectivity index (χ1) is 20.6. The van der Waals surface area contributed by atoms with Crippen molar-refractivity contribution in [2.24, 2.45) is 0 Å². The average molecular weight is 622 g/mol. The molecule has 3 aliphatic heterocycles. The SMILES string of the molecule is C=CC(=O)N1CCN(c2nc(=O)n3c4c(c(-c5ccc(F)cc5F)c(C(F)(F)F)cc24)SCC(N2CCOCC2)C3)CC1. The highest BCUT2D eigenvalue weighted by Gasteiger charge is 2.40. The fourth-order valence-electron chi connectivity index (χ4n) is 6.00. The molecule has 1 atom stereocenters. The monoisotopic (exact) mass is 621 g/mol. The van der Waals surface area contributed by atoms with Crippen molar-refractivity contribution in [3.8, 4) is 11.1 Å². The molecule has 0 N–H and O–H groups in total. The van der Waals surface area contributed by atoms with E-state index in [0.717, 1.165) is 30.0 Å². The van der Waals surface area contributed by atoms with Gasteiger partial charge in [0.15, 0.2) is 0 Å². The summed E-state index contributed by atoms with van der Waals surface area (Å²) in [5, 5.41) is 0.104. The lowest BCUT2D eigenvalue weighted by molar-refractivity contribution is -0.137. The van der Waals surface area contributed by atoms with Crippen LogP contribution in [-0.2, 0) is 22.3 Å². The van der Waals surface area contributed by atoms with Gasteiger partial charge in [0.05, 0.1) is 24.3 Å². The van der Waals surface area contributed by atoms with Crippen molar-refractivity contribution in [1.29, 1.82) is 0 Å². The number of piperazine rings is 1. The van der Waals surface area contributed by atoms with Crippen molar-refractivity contribution >= 4 is 34.4 Å². The second-order valence-electron chi connectivity index (χ2n) is 10.6. The lowest BCUT2D eigenvalue weighted by Crippen LogP contribution is -2.49. The summed E-state index contributed by atoms with van der Waals surface area (Å²) < 4.78 is 80.4. The number of hydrogen-bond donors (Lipinski definition) is 0. The van der Waals surface area contributed by atoms with Crippen molar-refractivity contribution in [3.05, 3.63) is 64.6 Å². The summed E-state index contributed by atoms with van der Waals surface area (Å²) in [6.45, 7) is 6.82. The van der Waals surface area contributed by atoms with Gasteiger partial charge < -0.3 is 14.5 Å². The largest absolute Gasteiger partial charge is 0.417 e. The van der Waals surface area contributed by atoms with Gasteiger partial charge in [0.25, 0.3) is 0 Å². The number of carbonyl (C=O) groups excluding carboxylic acids is 1. The van der Waals surface area contributed by atoms with Gasteiger partial charge in [-0.1, -0.05) is 6.58 Å². The first kappa shape index (κ1) is 29.6. The quantitative estimate of drug-likeness (QED) is 0.322. The lowest BCUT2D eigenvalue weighted by atomic mass is 9.95. The Morgan fingerprint density at radius 2 is 1.79 bits per heavy atom. The van der Waals surface area contributed by atoms with Gasteiger partial charge in [-0.25, -0.2) is 13.6 Å². The first-order valence-corrected chi connectivity index (χ1v) is 14.8. The number of alkyl halides is 3. The van der Waals surface area contributed by atoms with Crippen LogP contribution in [0.4, 0.5) is 27.8 Å². The number of carbonyl (C=O) groups is 1. The van der Waals surface area contributed by atoms with Crippen molar-refractivity contribution in [2.45, 2.75) is 23.7 Å². The summed E-state index contributed by atoms with van der Waals surface area (Å²) in [7, 11) is 0. The van der Waals surface area contributed by atoms with Gasteiger partial charge in [-0.15, -0.1) is 11.8 Å². The Morgan fingerprint density at radius 3 is 2.44 bits per heavy atom. The molecule has 228 valence electrons. The molecule has 14 heteroatoms. The van der Waals surface area contributed by atoms with Crippen LogP contribution in [0.3, 0.4) is 0 Å². The van der Waals surface area contributed by atoms with Crippen molar-refractivity contribution in [2.75, 3.05) is 63.1 Å². The highest BCUT2D eigenvalue weighted by molar-refractivity contribution is 7.99. The van der Waals surface area contributed by atoms with Gasteiger partial charge in [-0.3, -0.25) is 14.3 Å². The number of thioether (sulfide) groups is 1. The van der Waals surface area contributed by atoms with Crippen molar-refractivity contribution in [1.82, 2.24) is 19.4 Å². The minimum absolute atomic E-state index is 0.0743. The molecule has 0 spiro atoms. The number of ether oxygens (including phenoxy) is 1. The van der Waals surface area contributed by atoms with Crippen LogP contribution in [0.15, 0.2) is 46.6 Å². The van der Waals surface area contributed by atoms with Gasteiger partial charge in [0.2, 0.25) is 5.91 Å². The molecule has 2 fully saturated rings. The number of aromatic nitrogens is 2. The normalized spacial score (nSPS) is 19.9. The zero-order valence-electron chi connectivity index (χ0n) is 23.0. The van der Waals surface area contributed by atoms with E-state index in [1.807, 2.05) is 0 Å². The van der Waals surface area contributed by atoms with Crippen LogP contribution in [0.5, 0.6) is 0 Å². The van der Waals surface area contributed by atoms with Gasteiger partial charge in [0.1, 0.15) is 17.5 Å². The Balaban J connectivity index is 1.59. The van der Waals surface area contributed by atoms with E-state index in [1.165, 1.54) is 10.6 Å². The van der Waals surface area contributed by atoms with E-state index >= 15 is 4.39 Å². The maximum absolute atomic E-state index is 15.2. The predicted octanol–water partition coefficient (Wildman–Crippen LogP) is 4.00. The Bertz CT molecular complexity index is 1650. The maximum Gasteiger partial charge on any atom is 0.417 e. The zero-order chi connectivity index (χ0) is 30.5. The Labute approximate surface area is 247 Å². The number of benzene rings is 2. The summed E-state index contributed by atoms with van der Waals surface area (Å²) in [5.41, 5.74) is -2.35. The number of morpholine rings is 1. The van der Waals surface area contributed by atoms with Crippen LogP contribution in [-0.4, -0.2) is 89.5 Å². The Kier molecular flexibility index (Phi) is 7.94. The summed E-state index contributed by atoms with van der Waals surface area (Å²) >= 11 is 1.13.